The van der Waals surface area contributed by atoms with E-state index in [-0.39, 0.29) is 95.7 Å². The Kier molecular flexibility index (Phi) is 35.1. The molecule has 34 heteroatoms. The Balaban J connectivity index is 1.76. The second-order valence-corrected chi connectivity index (χ2v) is 27.2. The maximum absolute atomic E-state index is 14.9. The van der Waals surface area contributed by atoms with E-state index in [9.17, 15) is 77.3 Å². The lowest BCUT2D eigenvalue weighted by molar-refractivity contribution is -0.142. The maximum atomic E-state index is 14.9. The van der Waals surface area contributed by atoms with Crippen molar-refractivity contribution in [2.24, 2.45) is 45.9 Å². The van der Waals surface area contributed by atoms with Gasteiger partial charge >= 0.3 is 11.9 Å². The van der Waals surface area contributed by atoms with Crippen molar-refractivity contribution in [3.8, 4) is 0 Å². The smallest absolute Gasteiger partial charge is 0.305 e. The summed E-state index contributed by atoms with van der Waals surface area (Å²) in [6, 6.07) is -7.45. The van der Waals surface area contributed by atoms with Crippen LogP contribution in [-0.2, 0) is 80.0 Å². The number of H-pyrrole nitrogens is 1. The molecule has 1 saturated heterocycles. The van der Waals surface area contributed by atoms with E-state index in [1.165, 1.54) is 24.3 Å². The third kappa shape index (κ3) is 27.6. The summed E-state index contributed by atoms with van der Waals surface area (Å²) in [5, 5.41) is 48.4. The monoisotopic (exact) mass is 1420 g/mol. The van der Waals surface area contributed by atoms with Gasteiger partial charge in [0.1, 0.15) is 65.7 Å². The molecule has 4 rings (SSSR count). The van der Waals surface area contributed by atoms with E-state index >= 15 is 0 Å². The van der Waals surface area contributed by atoms with Crippen molar-refractivity contribution < 1.29 is 77.3 Å². The van der Waals surface area contributed by atoms with E-state index in [0.29, 0.717) is 16.3 Å². The average molecular weight is 1420 g/mol. The van der Waals surface area contributed by atoms with Crippen molar-refractivity contribution in [3.63, 3.8) is 0 Å². The van der Waals surface area contributed by atoms with Crippen LogP contribution in [0.25, 0.3) is 0 Å². The molecule has 20 N–H and O–H groups in total. The summed E-state index contributed by atoms with van der Waals surface area (Å²) < 4.78 is 0. The molecule has 0 saturated carbocycles. The number of aromatic nitrogens is 2. The van der Waals surface area contributed by atoms with E-state index in [1.807, 2.05) is 27.7 Å². The Bertz CT molecular complexity index is 3160. The summed E-state index contributed by atoms with van der Waals surface area (Å²) >= 11 is 1.20. The zero-order valence-corrected chi connectivity index (χ0v) is 59.0. The molecule has 100 heavy (non-hydrogen) atoms. The predicted molar refractivity (Wildman–Crippen MR) is 369 cm³/mol. The molecule has 3 heterocycles. The number of rotatable bonds is 31. The molecule has 1 aromatic heterocycles. The molecule has 2 aliphatic heterocycles. The van der Waals surface area contributed by atoms with Crippen molar-refractivity contribution >= 4 is 99.6 Å². The molecule has 0 spiro atoms. The molecule has 15 atom stereocenters. The maximum Gasteiger partial charge on any atom is 0.305 e. The van der Waals surface area contributed by atoms with Gasteiger partial charge in [-0.25, -0.2) is 4.98 Å². The molecule has 0 aliphatic carbocycles. The first-order chi connectivity index (χ1) is 47.4. The SMILES string of the molecule is CC[C@@H](C)[C@@H]1NC(=O)C(CCCN)NC(=O)C(NC(=O)[C@@H](NC(=O)[C@@H](CCC(=O)O)NC(=O)[C@H](CC(C)C)NC(=O)C2CN=C([C@@H](N)[C@@H](C)CC)S2)[C@H](C)CC)CCCCNC(=O)[C@H](CC(N)=O)NC(=O)[C@@H](CC(=O)O)NC(=O)C(Cc2cnc[nH]2)NC(=O)[C@@H](Cc2ccccc2)NC1=O. The van der Waals surface area contributed by atoms with Crippen LogP contribution >= 0.6 is 11.8 Å². The number of nitrogens with one attached hydrogen (secondary N) is 12. The van der Waals surface area contributed by atoms with Gasteiger partial charge in [-0.3, -0.25) is 72.1 Å². The van der Waals surface area contributed by atoms with Gasteiger partial charge < -0.3 is 90.9 Å². The van der Waals surface area contributed by atoms with Crippen LogP contribution in [0.3, 0.4) is 0 Å². The standard InChI is InChI=1S/C66H103N17O16S/c1-9-35(6)52(69)66-72-32-48(100-66)63(97)80-43(26-34(4)5)59(93)75-42(22-23-50(85)86)58(92)83-53(36(7)10-2)64(98)76-40-20-15-16-25-71-55(89)46(29-49(68)84)78-62(96)47(30-51(87)88)79-61(95)45(28-39-31-70-33-73-39)77-60(94)44(27-38-18-13-12-14-19-38)81-65(99)54(37(8)11-3)82-57(91)41(21-17-24-67)74-56(40)90/h12-14,18-19,31,33-37,40-48,52-54H,9-11,15-17,20-30,32,67,69H2,1-8H3,(H2,68,84)(H,70,73)(H,71,89)(H,74,90)(H,75,93)(H,76,98)(H,77,94)(H,78,96)(H,79,95)(H,80,97)(H,81,99)(H,82,91)(H,83,92)(H,85,86)(H,87,88)/t35-,36+,37+,40?,41?,42+,43-,44+,45?,46-,47+,48?,52-,53-,54-/m0/s1. The number of nitrogens with two attached hydrogens (primary N) is 3. The highest BCUT2D eigenvalue weighted by molar-refractivity contribution is 8.15. The van der Waals surface area contributed by atoms with E-state index in [0.717, 1.165) is 6.42 Å². The Morgan fingerprint density at radius 1 is 0.660 bits per heavy atom. The average Bonchev–Trinajstić information content (AvgIpc) is 1.24. The minimum Gasteiger partial charge on any atom is -0.481 e. The Morgan fingerprint density at radius 2 is 1.26 bits per heavy atom. The first-order valence-electron chi connectivity index (χ1n) is 34.1. The van der Waals surface area contributed by atoms with Gasteiger partial charge in [0.25, 0.3) is 0 Å². The summed E-state index contributed by atoms with van der Waals surface area (Å²) in [5.74, 6) is -15.6. The normalized spacial score (nSPS) is 23.1. The number of primary amides is 1. The number of aliphatic carboxylic acids is 2. The molecule has 554 valence electrons. The molecular formula is C66H103N17O16S. The summed E-state index contributed by atoms with van der Waals surface area (Å²) in [5.41, 5.74) is 18.7. The fourth-order valence-corrected chi connectivity index (χ4v) is 12.0. The minimum atomic E-state index is -1.94. The van der Waals surface area contributed by atoms with Gasteiger partial charge in [0.2, 0.25) is 70.9 Å². The molecule has 12 amide bonds. The number of carboxylic acids is 2. The molecule has 0 bridgehead atoms. The number of nitrogens with zero attached hydrogens (tertiary/aromatic N) is 2. The van der Waals surface area contributed by atoms with Gasteiger partial charge in [0.15, 0.2) is 0 Å². The van der Waals surface area contributed by atoms with Crippen molar-refractivity contribution in [2.45, 2.75) is 223 Å². The minimum absolute atomic E-state index is 0.00169. The first kappa shape index (κ1) is 83.4. The number of hydrogen-bond donors (Lipinski definition) is 17. The number of carbonyl (C=O) groups is 14. The number of benzene rings is 1. The highest BCUT2D eigenvalue weighted by Gasteiger charge is 2.40. The second-order valence-electron chi connectivity index (χ2n) is 25.9. The van der Waals surface area contributed by atoms with Gasteiger partial charge in [-0.15, -0.1) is 0 Å². The molecule has 2 aromatic rings. The number of carbonyl (C=O) groups excluding carboxylic acids is 12. The van der Waals surface area contributed by atoms with Gasteiger partial charge in [-0.2, -0.15) is 0 Å². The second kappa shape index (κ2) is 42.1. The number of imidazole rings is 1. The Labute approximate surface area is 586 Å². The molecule has 4 unspecified atom stereocenters. The lowest BCUT2D eigenvalue weighted by atomic mass is 9.96. The van der Waals surface area contributed by atoms with Crippen molar-refractivity contribution in [1.29, 1.82) is 0 Å². The number of carboxylic acid groups (broad SMARTS) is 2. The highest BCUT2D eigenvalue weighted by atomic mass is 32.2. The molecule has 2 aliphatic rings. The molecule has 0 radical (unpaired) electrons. The number of aliphatic imine (C=N–C) groups is 1. The van der Waals surface area contributed by atoms with Crippen molar-refractivity contribution in [2.75, 3.05) is 19.6 Å². The van der Waals surface area contributed by atoms with Crippen LogP contribution in [0.5, 0.6) is 0 Å². The topological polar surface area (TPSA) is 531 Å². The summed E-state index contributed by atoms with van der Waals surface area (Å²) in [7, 11) is 0. The number of amides is 12. The number of aromatic amines is 1. The summed E-state index contributed by atoms with van der Waals surface area (Å²) in [6.45, 7) is 14.2. The van der Waals surface area contributed by atoms with E-state index in [1.54, 1.807) is 58.0 Å². The van der Waals surface area contributed by atoms with Gasteiger partial charge in [-0.1, -0.05) is 117 Å². The predicted octanol–water partition coefficient (Wildman–Crippen LogP) is -1.68. The first-order valence-corrected chi connectivity index (χ1v) is 35.0. The van der Waals surface area contributed by atoms with Crippen LogP contribution in [0.4, 0.5) is 0 Å². The largest absolute Gasteiger partial charge is 0.481 e. The number of thioether (sulfide) groups is 1. The lowest BCUT2D eigenvalue weighted by Gasteiger charge is -2.30. The van der Waals surface area contributed by atoms with Crippen LogP contribution in [0.1, 0.15) is 150 Å². The quantitative estimate of drug-likeness (QED) is 0.0401. The van der Waals surface area contributed by atoms with Crippen LogP contribution in [0.2, 0.25) is 0 Å². The molecule has 1 fully saturated rings. The van der Waals surface area contributed by atoms with Crippen LogP contribution in [0, 0.1) is 23.7 Å². The third-order valence-electron chi connectivity index (χ3n) is 17.5. The summed E-state index contributed by atoms with van der Waals surface area (Å²) in [4.78, 5) is 207. The Morgan fingerprint density at radius 3 is 1.85 bits per heavy atom. The van der Waals surface area contributed by atoms with Gasteiger partial charge in [-0.05, 0) is 80.7 Å². The molecule has 1 aromatic carbocycles. The number of hydrogen-bond acceptors (Lipinski definition) is 19. The molecule has 33 nitrogen and oxygen atoms in total. The van der Waals surface area contributed by atoms with Crippen molar-refractivity contribution in [1.82, 2.24) is 68.5 Å². The fourth-order valence-electron chi connectivity index (χ4n) is 10.9. The van der Waals surface area contributed by atoms with E-state index < -0.39 is 192 Å². The van der Waals surface area contributed by atoms with Crippen molar-refractivity contribution in [3.05, 3.63) is 54.1 Å². The highest BCUT2D eigenvalue weighted by Crippen LogP contribution is 2.27. The zero-order valence-electron chi connectivity index (χ0n) is 58.2. The fraction of sp³-hybridized carbons (Fsp3) is 0.636. The third-order valence-corrected chi connectivity index (χ3v) is 18.8. The zero-order chi connectivity index (χ0) is 74.3. The van der Waals surface area contributed by atoms with E-state index in [2.05, 4.69) is 73.4 Å². The van der Waals surface area contributed by atoms with Gasteiger partial charge in [0.05, 0.1) is 36.8 Å². The molecular weight excluding hydrogens is 1320 g/mol. The van der Waals surface area contributed by atoms with E-state index in [4.69, 9.17) is 17.2 Å². The van der Waals surface area contributed by atoms with Crippen LogP contribution in [0.15, 0.2) is 47.8 Å². The summed E-state index contributed by atoms with van der Waals surface area (Å²) in [6.07, 6.45) is 0.386. The Hall–Kier alpha value is -9.05. The van der Waals surface area contributed by atoms with Crippen LogP contribution in [-0.4, -0.2) is 199 Å². The lowest BCUT2D eigenvalue weighted by Crippen LogP contribution is -2.62. The van der Waals surface area contributed by atoms with Crippen LogP contribution < -0.4 is 75.7 Å². The van der Waals surface area contributed by atoms with Gasteiger partial charge in [0, 0.05) is 37.7 Å².